The smallest absolute Gasteiger partial charge is 0.295 e. The van der Waals surface area contributed by atoms with E-state index in [2.05, 4.69) is 0 Å². The lowest BCUT2D eigenvalue weighted by Gasteiger charge is -2.26. The maximum Gasteiger partial charge on any atom is 0.295 e. The van der Waals surface area contributed by atoms with Gasteiger partial charge >= 0.3 is 0 Å². The number of rotatable bonds is 11. The van der Waals surface area contributed by atoms with Crippen molar-refractivity contribution in [1.82, 2.24) is 9.80 Å². The molecule has 1 saturated heterocycles. The average molecular weight is 571 g/mol. The normalized spacial score (nSPS) is 19.2. The summed E-state index contributed by atoms with van der Waals surface area (Å²) in [5, 5.41) is 11.6. The Hall–Kier alpha value is -4.30. The molecule has 0 aromatic heterocycles. The van der Waals surface area contributed by atoms with Gasteiger partial charge in [0.05, 0.1) is 18.2 Å². The van der Waals surface area contributed by atoms with Gasteiger partial charge in [0.2, 0.25) is 0 Å². The summed E-state index contributed by atoms with van der Waals surface area (Å²) in [4.78, 5) is 30.5. The third-order valence-corrected chi connectivity index (χ3v) is 7.53. The van der Waals surface area contributed by atoms with E-state index in [0.29, 0.717) is 55.2 Å². The Labute approximate surface area is 247 Å². The lowest BCUT2D eigenvalue weighted by Crippen LogP contribution is -2.32. The molecule has 220 valence electrons. The van der Waals surface area contributed by atoms with E-state index in [9.17, 15) is 14.7 Å². The molecule has 0 saturated carbocycles. The maximum absolute atomic E-state index is 13.5. The Morgan fingerprint density at radius 3 is 2.55 bits per heavy atom. The molecule has 0 bridgehead atoms. The van der Waals surface area contributed by atoms with Gasteiger partial charge in [-0.3, -0.25) is 9.59 Å². The number of ketones is 1. The van der Waals surface area contributed by atoms with Crippen LogP contribution in [-0.2, 0) is 22.6 Å². The lowest BCUT2D eigenvalue weighted by molar-refractivity contribution is -0.139. The standard InChI is InChI=1S/C34H38N2O6/c1-5-40-29-20-24(12-15-28(29)41-21-23-10-7-6-8-11-23)31-30(33(38)34(39)36(31)17-9-16-35(3)4)32(37)25-13-14-27-26(19-25)18-22(2)42-27/h6-8,10-15,19-20,22,31,37H,5,9,16-18,21H2,1-4H3/b32-30-. The Bertz CT molecular complexity index is 1480. The fourth-order valence-electron chi connectivity index (χ4n) is 5.56. The van der Waals surface area contributed by atoms with Crippen LogP contribution in [0.25, 0.3) is 5.76 Å². The quantitative estimate of drug-likeness (QED) is 0.189. The topological polar surface area (TPSA) is 88.5 Å². The van der Waals surface area contributed by atoms with Crippen molar-refractivity contribution in [3.63, 3.8) is 0 Å². The summed E-state index contributed by atoms with van der Waals surface area (Å²) in [5.74, 6) is 0.316. The van der Waals surface area contributed by atoms with Crippen molar-refractivity contribution in [2.45, 2.75) is 45.4 Å². The van der Waals surface area contributed by atoms with Crippen molar-refractivity contribution in [1.29, 1.82) is 0 Å². The number of ether oxygens (including phenoxy) is 3. The molecule has 2 heterocycles. The average Bonchev–Trinajstić information content (AvgIpc) is 3.47. The van der Waals surface area contributed by atoms with Crippen molar-refractivity contribution in [2.75, 3.05) is 33.8 Å². The third-order valence-electron chi connectivity index (χ3n) is 7.53. The number of fused-ring (bicyclic) bond motifs is 1. The zero-order valence-corrected chi connectivity index (χ0v) is 24.6. The first-order chi connectivity index (χ1) is 20.3. The van der Waals surface area contributed by atoms with Gasteiger partial charge in [0.15, 0.2) is 11.5 Å². The van der Waals surface area contributed by atoms with Gasteiger partial charge < -0.3 is 29.1 Å². The summed E-state index contributed by atoms with van der Waals surface area (Å²) in [6.45, 7) is 5.75. The Morgan fingerprint density at radius 1 is 1.02 bits per heavy atom. The van der Waals surface area contributed by atoms with Gasteiger partial charge in [-0.05, 0) is 87.9 Å². The first-order valence-corrected chi connectivity index (χ1v) is 14.4. The molecule has 3 aromatic rings. The van der Waals surface area contributed by atoms with Crippen LogP contribution in [0, 0.1) is 0 Å². The van der Waals surface area contributed by atoms with Crippen LogP contribution in [0.1, 0.15) is 48.6 Å². The first kappa shape index (κ1) is 29.2. The van der Waals surface area contributed by atoms with Crippen molar-refractivity contribution in [3.05, 3.63) is 94.6 Å². The van der Waals surface area contributed by atoms with E-state index in [1.54, 1.807) is 17.0 Å². The Kier molecular flexibility index (Phi) is 8.83. The van der Waals surface area contributed by atoms with E-state index >= 15 is 0 Å². The van der Waals surface area contributed by atoms with Gasteiger partial charge in [0.1, 0.15) is 24.2 Å². The van der Waals surface area contributed by atoms with Crippen molar-refractivity contribution in [3.8, 4) is 17.2 Å². The molecule has 0 aliphatic carbocycles. The molecule has 2 atom stereocenters. The number of carbonyl (C=O) groups excluding carboxylic acids is 2. The molecule has 42 heavy (non-hydrogen) atoms. The molecule has 1 amide bonds. The van der Waals surface area contributed by atoms with E-state index in [-0.39, 0.29) is 17.4 Å². The molecule has 0 spiro atoms. The van der Waals surface area contributed by atoms with Gasteiger partial charge in [-0.1, -0.05) is 36.4 Å². The third kappa shape index (κ3) is 6.14. The molecule has 3 aromatic carbocycles. The number of benzene rings is 3. The van der Waals surface area contributed by atoms with Crippen LogP contribution in [0.3, 0.4) is 0 Å². The predicted molar refractivity (Wildman–Crippen MR) is 161 cm³/mol. The van der Waals surface area contributed by atoms with Gasteiger partial charge in [0, 0.05) is 18.5 Å². The summed E-state index contributed by atoms with van der Waals surface area (Å²) in [7, 11) is 3.93. The number of aliphatic hydroxyl groups is 1. The highest BCUT2D eigenvalue weighted by Gasteiger charge is 2.46. The van der Waals surface area contributed by atoms with E-state index < -0.39 is 17.7 Å². The number of Topliss-reactive ketones (excluding diaryl/α,β-unsaturated/α-hetero) is 1. The highest BCUT2D eigenvalue weighted by molar-refractivity contribution is 6.46. The first-order valence-electron chi connectivity index (χ1n) is 14.4. The minimum absolute atomic E-state index is 0.0410. The summed E-state index contributed by atoms with van der Waals surface area (Å²) in [6.07, 6.45) is 1.42. The summed E-state index contributed by atoms with van der Waals surface area (Å²) >= 11 is 0. The number of likely N-dealkylation sites (tertiary alicyclic amines) is 1. The minimum Gasteiger partial charge on any atom is -0.507 e. The van der Waals surface area contributed by atoms with Crippen LogP contribution in [0.5, 0.6) is 17.2 Å². The van der Waals surface area contributed by atoms with Crippen LogP contribution in [0.4, 0.5) is 0 Å². The highest BCUT2D eigenvalue weighted by atomic mass is 16.5. The molecule has 2 unspecified atom stereocenters. The summed E-state index contributed by atoms with van der Waals surface area (Å²) < 4.78 is 17.9. The second-order valence-electron chi connectivity index (χ2n) is 11.0. The molecular formula is C34H38N2O6. The predicted octanol–water partition coefficient (Wildman–Crippen LogP) is 5.36. The maximum atomic E-state index is 13.5. The number of nitrogens with zero attached hydrogens (tertiary/aromatic N) is 2. The van der Waals surface area contributed by atoms with Gasteiger partial charge in [-0.15, -0.1) is 0 Å². The monoisotopic (exact) mass is 570 g/mol. The van der Waals surface area contributed by atoms with Crippen molar-refractivity contribution >= 4 is 17.4 Å². The number of hydrogen-bond acceptors (Lipinski definition) is 7. The highest BCUT2D eigenvalue weighted by Crippen LogP contribution is 2.43. The number of amides is 1. The summed E-state index contributed by atoms with van der Waals surface area (Å²) in [5.41, 5.74) is 3.19. The van der Waals surface area contributed by atoms with Crippen LogP contribution in [0.2, 0.25) is 0 Å². The van der Waals surface area contributed by atoms with E-state index in [4.69, 9.17) is 14.2 Å². The fourth-order valence-corrected chi connectivity index (χ4v) is 5.56. The molecule has 2 aliphatic heterocycles. The minimum atomic E-state index is -0.780. The number of hydrogen-bond donors (Lipinski definition) is 1. The van der Waals surface area contributed by atoms with Crippen LogP contribution < -0.4 is 14.2 Å². The van der Waals surface area contributed by atoms with Gasteiger partial charge in [-0.25, -0.2) is 0 Å². The molecule has 1 fully saturated rings. The summed E-state index contributed by atoms with van der Waals surface area (Å²) in [6, 6.07) is 19.9. The zero-order valence-electron chi connectivity index (χ0n) is 24.6. The van der Waals surface area contributed by atoms with Crippen LogP contribution in [-0.4, -0.2) is 66.5 Å². The Morgan fingerprint density at radius 2 is 1.81 bits per heavy atom. The molecule has 8 nitrogen and oxygen atoms in total. The van der Waals surface area contributed by atoms with E-state index in [1.165, 1.54) is 0 Å². The second-order valence-corrected chi connectivity index (χ2v) is 11.0. The van der Waals surface area contributed by atoms with Crippen molar-refractivity contribution in [2.24, 2.45) is 0 Å². The molecule has 2 aliphatic rings. The largest absolute Gasteiger partial charge is 0.507 e. The SMILES string of the molecule is CCOc1cc(C2/C(=C(/O)c3ccc4c(c3)CC(C)O4)C(=O)C(=O)N2CCCN(C)C)ccc1OCc1ccccc1. The molecular weight excluding hydrogens is 532 g/mol. The molecule has 8 heteroatoms. The zero-order chi connectivity index (χ0) is 29.8. The van der Waals surface area contributed by atoms with E-state index in [1.807, 2.05) is 87.4 Å². The number of aliphatic hydroxyl groups excluding tert-OH is 1. The molecule has 5 rings (SSSR count). The molecule has 1 N–H and O–H groups in total. The van der Waals surface area contributed by atoms with Crippen molar-refractivity contribution < 1.29 is 28.9 Å². The van der Waals surface area contributed by atoms with Crippen LogP contribution in [0.15, 0.2) is 72.3 Å². The van der Waals surface area contributed by atoms with E-state index in [0.717, 1.165) is 23.4 Å². The fraction of sp³-hybridized carbons (Fsp3) is 0.353. The number of carbonyl (C=O) groups is 2. The van der Waals surface area contributed by atoms with Gasteiger partial charge in [-0.2, -0.15) is 0 Å². The Balaban J connectivity index is 1.54. The van der Waals surface area contributed by atoms with Gasteiger partial charge in [0.25, 0.3) is 11.7 Å². The lowest BCUT2D eigenvalue weighted by atomic mass is 9.94. The molecule has 0 radical (unpaired) electrons. The van der Waals surface area contributed by atoms with Crippen LogP contribution >= 0.6 is 0 Å². The second kappa shape index (κ2) is 12.7.